The molecule has 1 aromatic carbocycles. The van der Waals surface area contributed by atoms with Crippen molar-refractivity contribution in [3.05, 3.63) is 28.2 Å². The zero-order valence-electron chi connectivity index (χ0n) is 17.2. The zero-order valence-corrected chi connectivity index (χ0v) is 19.6. The lowest BCUT2D eigenvalue weighted by atomic mass is 9.86. The standard InChI is InChI=1S/C20H29BrN2O5S/c1-12(2)23-29(26,27)15-9-10-17(21)16(11-15)20(25)28-14(4)19(24)22-18-8-6-5-7-13(18)3/h9-14,18,23H,5-8H2,1-4H3,(H,22,24)/t13-,14+,18-/m0/s1. The topological polar surface area (TPSA) is 102 Å². The maximum absolute atomic E-state index is 12.6. The minimum atomic E-state index is -3.76. The van der Waals surface area contributed by atoms with E-state index in [1.807, 2.05) is 0 Å². The number of carbonyl (C=O) groups excluding carboxylic acids is 2. The molecule has 0 bridgehead atoms. The minimum Gasteiger partial charge on any atom is -0.449 e. The second kappa shape index (κ2) is 10.0. The van der Waals surface area contributed by atoms with Gasteiger partial charge >= 0.3 is 5.97 Å². The van der Waals surface area contributed by atoms with Gasteiger partial charge in [-0.05, 0) is 73.7 Å². The van der Waals surface area contributed by atoms with Crippen molar-refractivity contribution in [2.24, 2.45) is 5.92 Å². The van der Waals surface area contributed by atoms with Crippen molar-refractivity contribution in [2.45, 2.75) is 76.5 Å². The Kier molecular flexibility index (Phi) is 8.25. The van der Waals surface area contributed by atoms with E-state index in [9.17, 15) is 18.0 Å². The van der Waals surface area contributed by atoms with Crippen LogP contribution in [0.3, 0.4) is 0 Å². The van der Waals surface area contributed by atoms with Gasteiger partial charge < -0.3 is 10.1 Å². The van der Waals surface area contributed by atoms with Crippen molar-refractivity contribution in [3.63, 3.8) is 0 Å². The predicted molar refractivity (Wildman–Crippen MR) is 114 cm³/mol. The highest BCUT2D eigenvalue weighted by Crippen LogP contribution is 2.25. The number of hydrogen-bond donors (Lipinski definition) is 2. The number of carbonyl (C=O) groups is 2. The van der Waals surface area contributed by atoms with Crippen LogP contribution in [0.5, 0.6) is 0 Å². The Morgan fingerprint density at radius 1 is 1.17 bits per heavy atom. The van der Waals surface area contributed by atoms with E-state index in [1.54, 1.807) is 13.8 Å². The highest BCUT2D eigenvalue weighted by molar-refractivity contribution is 9.10. The predicted octanol–water partition coefficient (Wildman–Crippen LogP) is 3.38. The number of nitrogens with one attached hydrogen (secondary N) is 2. The molecule has 1 saturated carbocycles. The first-order chi connectivity index (χ1) is 13.5. The summed E-state index contributed by atoms with van der Waals surface area (Å²) < 4.78 is 32.9. The van der Waals surface area contributed by atoms with Gasteiger partial charge in [0.25, 0.3) is 5.91 Å². The molecule has 0 unspecified atom stereocenters. The highest BCUT2D eigenvalue weighted by atomic mass is 79.9. The van der Waals surface area contributed by atoms with Crippen LogP contribution in [0.4, 0.5) is 0 Å². The van der Waals surface area contributed by atoms with Gasteiger partial charge in [-0.3, -0.25) is 4.79 Å². The van der Waals surface area contributed by atoms with Crippen molar-refractivity contribution in [1.82, 2.24) is 10.0 Å². The maximum Gasteiger partial charge on any atom is 0.340 e. The fraction of sp³-hybridized carbons (Fsp3) is 0.600. The van der Waals surface area contributed by atoms with Crippen LogP contribution < -0.4 is 10.0 Å². The number of rotatable bonds is 7. The average Bonchev–Trinajstić information content (AvgIpc) is 2.62. The SMILES string of the molecule is CC(C)NS(=O)(=O)c1ccc(Br)c(C(=O)O[C@H](C)C(=O)N[C@H]2CCCC[C@@H]2C)c1. The first-order valence-corrected chi connectivity index (χ1v) is 12.1. The Balaban J connectivity index is 2.09. The van der Waals surface area contributed by atoms with Crippen LogP contribution in [0.25, 0.3) is 0 Å². The van der Waals surface area contributed by atoms with E-state index in [-0.39, 0.29) is 28.4 Å². The lowest BCUT2D eigenvalue weighted by molar-refractivity contribution is -0.130. The van der Waals surface area contributed by atoms with Gasteiger partial charge in [-0.1, -0.05) is 19.8 Å². The quantitative estimate of drug-likeness (QED) is 0.572. The molecule has 0 saturated heterocycles. The third-order valence-electron chi connectivity index (χ3n) is 4.95. The van der Waals surface area contributed by atoms with Gasteiger partial charge in [-0.25, -0.2) is 17.9 Å². The molecule has 0 radical (unpaired) electrons. The van der Waals surface area contributed by atoms with Crippen LogP contribution in [0.1, 0.15) is 63.7 Å². The summed E-state index contributed by atoms with van der Waals surface area (Å²) in [5.41, 5.74) is 0.0438. The Bertz CT molecular complexity index is 856. The fourth-order valence-corrected chi connectivity index (χ4v) is 5.00. The number of ether oxygens (including phenoxy) is 1. The molecular formula is C20H29BrN2O5S. The fourth-order valence-electron chi connectivity index (χ4n) is 3.31. The van der Waals surface area contributed by atoms with Crippen molar-refractivity contribution >= 4 is 37.8 Å². The largest absolute Gasteiger partial charge is 0.449 e. The molecule has 1 aliphatic rings. The first kappa shape index (κ1) is 23.8. The lowest BCUT2D eigenvalue weighted by Gasteiger charge is -2.30. The second-order valence-corrected chi connectivity index (χ2v) is 10.4. The van der Waals surface area contributed by atoms with E-state index in [0.717, 1.165) is 25.7 Å². The molecular weight excluding hydrogens is 460 g/mol. The number of hydrogen-bond acceptors (Lipinski definition) is 5. The molecule has 7 nitrogen and oxygen atoms in total. The van der Waals surface area contributed by atoms with Crippen LogP contribution >= 0.6 is 15.9 Å². The molecule has 1 aromatic rings. The van der Waals surface area contributed by atoms with Crippen LogP contribution in [-0.2, 0) is 19.6 Å². The molecule has 9 heteroatoms. The Morgan fingerprint density at radius 2 is 1.83 bits per heavy atom. The summed E-state index contributed by atoms with van der Waals surface area (Å²) in [7, 11) is -3.76. The molecule has 0 aromatic heterocycles. The summed E-state index contributed by atoms with van der Waals surface area (Å²) in [5.74, 6) is -0.726. The maximum atomic E-state index is 12.6. The van der Waals surface area contributed by atoms with Crippen LogP contribution in [-0.4, -0.2) is 38.5 Å². The molecule has 162 valence electrons. The molecule has 0 spiro atoms. The summed E-state index contributed by atoms with van der Waals surface area (Å²) in [5, 5.41) is 2.96. The van der Waals surface area contributed by atoms with Crippen molar-refractivity contribution < 1.29 is 22.7 Å². The molecule has 29 heavy (non-hydrogen) atoms. The first-order valence-electron chi connectivity index (χ1n) is 9.84. The molecule has 1 amide bonds. The van der Waals surface area contributed by atoms with E-state index in [2.05, 4.69) is 32.9 Å². The minimum absolute atomic E-state index is 0.0438. The normalized spacial score (nSPS) is 20.9. The number of halogens is 1. The monoisotopic (exact) mass is 488 g/mol. The Morgan fingerprint density at radius 3 is 2.45 bits per heavy atom. The third kappa shape index (κ3) is 6.52. The van der Waals surface area contributed by atoms with Crippen molar-refractivity contribution in [3.8, 4) is 0 Å². The number of amides is 1. The van der Waals surface area contributed by atoms with Gasteiger partial charge in [-0.2, -0.15) is 0 Å². The summed E-state index contributed by atoms with van der Waals surface area (Å²) in [6.45, 7) is 7.03. The van der Waals surface area contributed by atoms with Gasteiger partial charge in [0.1, 0.15) is 0 Å². The third-order valence-corrected chi connectivity index (χ3v) is 7.30. The highest BCUT2D eigenvalue weighted by Gasteiger charge is 2.27. The molecule has 0 aliphatic heterocycles. The van der Waals surface area contributed by atoms with Gasteiger partial charge in [0, 0.05) is 16.6 Å². The zero-order chi connectivity index (χ0) is 21.8. The Labute approximate surface area is 181 Å². The number of sulfonamides is 1. The smallest absolute Gasteiger partial charge is 0.340 e. The summed E-state index contributed by atoms with van der Waals surface area (Å²) in [4.78, 5) is 25.0. The van der Waals surface area contributed by atoms with E-state index in [1.165, 1.54) is 25.1 Å². The Hall–Kier alpha value is -1.45. The molecule has 1 aliphatic carbocycles. The number of benzene rings is 1. The second-order valence-electron chi connectivity index (χ2n) is 7.84. The summed E-state index contributed by atoms with van der Waals surface area (Å²) in [6.07, 6.45) is 3.23. The van der Waals surface area contributed by atoms with Crippen LogP contribution in [0.15, 0.2) is 27.6 Å². The number of esters is 1. The van der Waals surface area contributed by atoms with Gasteiger partial charge in [0.05, 0.1) is 10.5 Å². The molecule has 2 N–H and O–H groups in total. The van der Waals surface area contributed by atoms with E-state index in [4.69, 9.17) is 4.74 Å². The van der Waals surface area contributed by atoms with Crippen molar-refractivity contribution in [1.29, 1.82) is 0 Å². The lowest BCUT2D eigenvalue weighted by Crippen LogP contribution is -2.46. The van der Waals surface area contributed by atoms with E-state index < -0.39 is 22.1 Å². The van der Waals surface area contributed by atoms with Crippen LogP contribution in [0, 0.1) is 5.92 Å². The average molecular weight is 489 g/mol. The molecule has 1 fully saturated rings. The summed E-state index contributed by atoms with van der Waals surface area (Å²) in [6, 6.07) is 3.90. The summed E-state index contributed by atoms with van der Waals surface area (Å²) >= 11 is 3.25. The molecule has 0 heterocycles. The van der Waals surface area contributed by atoms with Crippen LogP contribution in [0.2, 0.25) is 0 Å². The van der Waals surface area contributed by atoms with E-state index >= 15 is 0 Å². The van der Waals surface area contributed by atoms with Gasteiger partial charge in [-0.15, -0.1) is 0 Å². The molecule has 2 rings (SSSR count). The van der Waals surface area contributed by atoms with Gasteiger partial charge in [0.2, 0.25) is 10.0 Å². The van der Waals surface area contributed by atoms with Crippen molar-refractivity contribution in [2.75, 3.05) is 0 Å². The molecule has 3 atom stereocenters. The van der Waals surface area contributed by atoms with E-state index in [0.29, 0.717) is 10.4 Å². The van der Waals surface area contributed by atoms with Gasteiger partial charge in [0.15, 0.2) is 6.10 Å².